The molecular formula is C14H15F2NOS. The lowest BCUT2D eigenvalue weighted by Crippen LogP contribution is -2.20. The number of benzene rings is 1. The van der Waals surface area contributed by atoms with Crippen LogP contribution in [0.3, 0.4) is 0 Å². The zero-order valence-corrected chi connectivity index (χ0v) is 11.8. The van der Waals surface area contributed by atoms with Crippen molar-refractivity contribution >= 4 is 11.3 Å². The van der Waals surface area contributed by atoms with Crippen molar-refractivity contribution in [1.82, 2.24) is 5.32 Å². The van der Waals surface area contributed by atoms with Crippen molar-refractivity contribution in [2.75, 3.05) is 14.2 Å². The Labute approximate surface area is 115 Å². The molecule has 1 N–H and O–H groups in total. The molecule has 0 saturated heterocycles. The van der Waals surface area contributed by atoms with E-state index < -0.39 is 17.7 Å². The first-order valence-electron chi connectivity index (χ1n) is 5.82. The average molecular weight is 283 g/mol. The van der Waals surface area contributed by atoms with Crippen LogP contribution in [0.4, 0.5) is 8.78 Å². The quantitative estimate of drug-likeness (QED) is 0.924. The third-order valence-corrected chi connectivity index (χ3v) is 3.99. The van der Waals surface area contributed by atoms with Crippen molar-refractivity contribution in [3.8, 4) is 5.75 Å². The number of aryl methyl sites for hydroxylation is 1. The largest absolute Gasteiger partial charge is 0.496 e. The molecule has 1 atom stereocenters. The summed E-state index contributed by atoms with van der Waals surface area (Å²) >= 11 is 1.40. The molecule has 0 aliphatic heterocycles. The van der Waals surface area contributed by atoms with Crippen molar-refractivity contribution in [3.63, 3.8) is 0 Å². The molecule has 2 aromatic rings. The van der Waals surface area contributed by atoms with E-state index >= 15 is 0 Å². The summed E-state index contributed by atoms with van der Waals surface area (Å²) in [5.74, 6) is -0.366. The molecule has 1 aromatic carbocycles. The summed E-state index contributed by atoms with van der Waals surface area (Å²) in [6.07, 6.45) is 0. The third-order valence-electron chi connectivity index (χ3n) is 3.01. The van der Waals surface area contributed by atoms with Gasteiger partial charge in [0.05, 0.1) is 13.2 Å². The highest BCUT2D eigenvalue weighted by Crippen LogP contribution is 2.33. The number of hydrogen-bond donors (Lipinski definition) is 1. The second kappa shape index (κ2) is 5.67. The van der Waals surface area contributed by atoms with Crippen molar-refractivity contribution in [2.24, 2.45) is 0 Å². The third kappa shape index (κ3) is 2.62. The Balaban J connectivity index is 2.50. The highest BCUT2D eigenvalue weighted by atomic mass is 32.1. The fourth-order valence-corrected chi connectivity index (χ4v) is 2.94. The molecule has 0 fully saturated rings. The number of hydrogen-bond acceptors (Lipinski definition) is 3. The Morgan fingerprint density at radius 3 is 2.63 bits per heavy atom. The van der Waals surface area contributed by atoms with E-state index in [9.17, 15) is 8.78 Å². The number of methoxy groups -OCH3 is 1. The van der Waals surface area contributed by atoms with Gasteiger partial charge in [0.2, 0.25) is 0 Å². The monoisotopic (exact) mass is 283 g/mol. The van der Waals surface area contributed by atoms with E-state index in [1.54, 1.807) is 27.1 Å². The van der Waals surface area contributed by atoms with Gasteiger partial charge < -0.3 is 10.1 Å². The van der Waals surface area contributed by atoms with E-state index in [4.69, 9.17) is 4.74 Å². The van der Waals surface area contributed by atoms with Gasteiger partial charge in [-0.3, -0.25) is 0 Å². The number of ether oxygens (including phenoxy) is 1. The summed E-state index contributed by atoms with van der Waals surface area (Å²) in [7, 11) is 3.24. The molecule has 0 bridgehead atoms. The van der Waals surface area contributed by atoms with E-state index in [-0.39, 0.29) is 5.56 Å². The number of halogens is 2. The van der Waals surface area contributed by atoms with Crippen LogP contribution in [-0.2, 0) is 0 Å². The summed E-state index contributed by atoms with van der Waals surface area (Å²) in [6.45, 7) is 1.62. The van der Waals surface area contributed by atoms with E-state index in [0.717, 1.165) is 4.88 Å². The zero-order chi connectivity index (χ0) is 14.0. The predicted molar refractivity (Wildman–Crippen MR) is 72.9 cm³/mol. The first-order chi connectivity index (χ1) is 9.08. The molecule has 1 unspecified atom stereocenters. The molecule has 2 rings (SSSR count). The minimum atomic E-state index is -0.546. The Morgan fingerprint density at radius 1 is 1.32 bits per heavy atom. The van der Waals surface area contributed by atoms with Crippen molar-refractivity contribution in [2.45, 2.75) is 13.0 Å². The number of thiophene rings is 1. The molecule has 0 aliphatic rings. The minimum Gasteiger partial charge on any atom is -0.496 e. The van der Waals surface area contributed by atoms with Gasteiger partial charge in [-0.1, -0.05) is 6.07 Å². The normalized spacial score (nSPS) is 12.5. The van der Waals surface area contributed by atoms with Crippen LogP contribution in [0.2, 0.25) is 0 Å². The SMILES string of the molecule is CNC(c1cc(OC)cs1)c1c(F)ccc(C)c1F. The zero-order valence-electron chi connectivity index (χ0n) is 11.0. The van der Waals surface area contributed by atoms with Crippen molar-refractivity contribution in [1.29, 1.82) is 0 Å². The van der Waals surface area contributed by atoms with Crippen LogP contribution in [0.1, 0.15) is 22.0 Å². The smallest absolute Gasteiger partial charge is 0.134 e. The van der Waals surface area contributed by atoms with E-state index in [2.05, 4.69) is 5.32 Å². The van der Waals surface area contributed by atoms with Gasteiger partial charge in [-0.25, -0.2) is 8.78 Å². The Bertz CT molecular complexity index is 583. The predicted octanol–water partition coefficient (Wildman–Crippen LogP) is 3.65. The van der Waals surface area contributed by atoms with Crippen LogP contribution >= 0.6 is 11.3 Å². The van der Waals surface area contributed by atoms with Crippen molar-refractivity contribution < 1.29 is 13.5 Å². The summed E-state index contributed by atoms with van der Waals surface area (Å²) in [5, 5.41) is 4.77. The fraction of sp³-hybridized carbons (Fsp3) is 0.286. The van der Waals surface area contributed by atoms with E-state index in [1.807, 2.05) is 5.38 Å². The molecule has 102 valence electrons. The molecule has 5 heteroatoms. The Morgan fingerprint density at radius 2 is 2.05 bits per heavy atom. The van der Waals surface area contributed by atoms with Crippen LogP contribution in [0, 0.1) is 18.6 Å². The lowest BCUT2D eigenvalue weighted by Gasteiger charge is -2.17. The van der Waals surface area contributed by atoms with Gasteiger partial charge in [0.1, 0.15) is 17.4 Å². The van der Waals surface area contributed by atoms with Crippen LogP contribution in [-0.4, -0.2) is 14.2 Å². The van der Waals surface area contributed by atoms with Gasteiger partial charge in [0.15, 0.2) is 0 Å². The molecule has 1 aromatic heterocycles. The lowest BCUT2D eigenvalue weighted by atomic mass is 10.0. The van der Waals surface area contributed by atoms with E-state index in [0.29, 0.717) is 11.3 Å². The molecule has 0 spiro atoms. The first kappa shape index (κ1) is 14.0. The fourth-order valence-electron chi connectivity index (χ4n) is 1.96. The maximum Gasteiger partial charge on any atom is 0.134 e. The van der Waals surface area contributed by atoms with Gasteiger partial charge >= 0.3 is 0 Å². The summed E-state index contributed by atoms with van der Waals surface area (Å²) in [6, 6.07) is 4.00. The maximum atomic E-state index is 14.2. The summed E-state index contributed by atoms with van der Waals surface area (Å²) in [5.41, 5.74) is 0.479. The second-order valence-electron chi connectivity index (χ2n) is 4.20. The van der Waals surface area contributed by atoms with Gasteiger partial charge in [0.25, 0.3) is 0 Å². The molecule has 19 heavy (non-hydrogen) atoms. The van der Waals surface area contributed by atoms with E-state index in [1.165, 1.54) is 23.5 Å². The average Bonchev–Trinajstić information content (AvgIpc) is 2.87. The maximum absolute atomic E-state index is 14.2. The Kier molecular flexibility index (Phi) is 4.17. The molecule has 0 radical (unpaired) electrons. The van der Waals surface area contributed by atoms with Gasteiger partial charge in [0, 0.05) is 15.8 Å². The molecule has 0 amide bonds. The van der Waals surface area contributed by atoms with Crippen LogP contribution < -0.4 is 10.1 Å². The van der Waals surface area contributed by atoms with Crippen LogP contribution in [0.25, 0.3) is 0 Å². The number of rotatable bonds is 4. The molecule has 2 nitrogen and oxygen atoms in total. The number of nitrogens with one attached hydrogen (secondary N) is 1. The Hall–Kier alpha value is -1.46. The first-order valence-corrected chi connectivity index (χ1v) is 6.70. The lowest BCUT2D eigenvalue weighted by molar-refractivity contribution is 0.416. The standard InChI is InChI=1S/C14H15F2NOS/c1-8-4-5-10(15)12(13(8)16)14(17-2)11-6-9(18-3)7-19-11/h4-7,14,17H,1-3H3. The topological polar surface area (TPSA) is 21.3 Å². The van der Waals surface area contributed by atoms with Crippen molar-refractivity contribution in [3.05, 3.63) is 51.2 Å². The minimum absolute atomic E-state index is 0.0482. The second-order valence-corrected chi connectivity index (χ2v) is 5.15. The van der Waals surface area contributed by atoms with Gasteiger partial charge in [-0.05, 0) is 31.7 Å². The summed E-state index contributed by atoms with van der Waals surface area (Å²) in [4.78, 5) is 0.808. The molecular weight excluding hydrogens is 268 g/mol. The molecule has 0 saturated carbocycles. The highest BCUT2D eigenvalue weighted by molar-refractivity contribution is 7.10. The molecule has 1 heterocycles. The van der Waals surface area contributed by atoms with Gasteiger partial charge in [-0.15, -0.1) is 11.3 Å². The van der Waals surface area contributed by atoms with Crippen LogP contribution in [0.5, 0.6) is 5.75 Å². The summed E-state index contributed by atoms with van der Waals surface area (Å²) < 4.78 is 33.2. The van der Waals surface area contributed by atoms with Gasteiger partial charge in [-0.2, -0.15) is 0 Å². The molecule has 0 aliphatic carbocycles. The highest BCUT2D eigenvalue weighted by Gasteiger charge is 2.23. The van der Waals surface area contributed by atoms with Crippen LogP contribution in [0.15, 0.2) is 23.6 Å².